The van der Waals surface area contributed by atoms with Gasteiger partial charge < -0.3 is 5.32 Å². The molecule has 0 radical (unpaired) electrons. The predicted molar refractivity (Wildman–Crippen MR) is 110 cm³/mol. The molecule has 1 unspecified atom stereocenters. The van der Waals surface area contributed by atoms with Crippen LogP contribution in [-0.4, -0.2) is 34.9 Å². The van der Waals surface area contributed by atoms with Gasteiger partial charge in [-0.1, -0.05) is 42.5 Å². The molecule has 4 rings (SSSR count). The minimum Gasteiger partial charge on any atom is -0.347 e. The van der Waals surface area contributed by atoms with Gasteiger partial charge in [0.05, 0.1) is 6.20 Å². The van der Waals surface area contributed by atoms with E-state index in [-0.39, 0.29) is 17.8 Å². The summed E-state index contributed by atoms with van der Waals surface area (Å²) in [7, 11) is 0. The number of hydrogen-bond donors (Lipinski definition) is 1. The third-order valence-electron chi connectivity index (χ3n) is 4.92. The molecule has 0 spiro atoms. The van der Waals surface area contributed by atoms with Crippen LogP contribution in [0.15, 0.2) is 60.8 Å². The fraction of sp³-hybridized carbons (Fsp3) is 0.273. The van der Waals surface area contributed by atoms with E-state index in [1.165, 1.54) is 29.2 Å². The van der Waals surface area contributed by atoms with Gasteiger partial charge in [-0.25, -0.2) is 9.37 Å². The predicted octanol–water partition coefficient (Wildman–Crippen LogP) is 4.34. The van der Waals surface area contributed by atoms with Crippen LogP contribution in [0, 0.1) is 5.82 Å². The van der Waals surface area contributed by atoms with Gasteiger partial charge in [-0.15, -0.1) is 11.3 Å². The van der Waals surface area contributed by atoms with Crippen molar-refractivity contribution < 1.29 is 9.18 Å². The van der Waals surface area contributed by atoms with E-state index < -0.39 is 0 Å². The molecule has 3 aromatic rings. The molecule has 1 aliphatic heterocycles. The summed E-state index contributed by atoms with van der Waals surface area (Å²) in [6, 6.07) is 17.0. The highest BCUT2D eigenvalue weighted by Gasteiger charge is 2.23. The average molecular weight is 396 g/mol. The Hall–Kier alpha value is -2.57. The third-order valence-corrected chi connectivity index (χ3v) is 5.95. The van der Waals surface area contributed by atoms with Gasteiger partial charge in [-0.2, -0.15) is 0 Å². The standard InChI is InChI=1S/C22H22FN3OS/c23-19-11-5-4-10-18(19)22-24-13-20(28-22)21(27)25-17-9-6-12-26(15-17)14-16-7-2-1-3-8-16/h1-5,7-8,10-11,13,17H,6,9,12,14-15H2,(H,25,27). The summed E-state index contributed by atoms with van der Waals surface area (Å²) in [6.45, 7) is 2.77. The molecule has 1 saturated heterocycles. The van der Waals surface area contributed by atoms with Crippen molar-refractivity contribution in [1.82, 2.24) is 15.2 Å². The number of amides is 1. The lowest BCUT2D eigenvalue weighted by atomic mass is 10.0. The Morgan fingerprint density at radius 3 is 2.79 bits per heavy atom. The van der Waals surface area contributed by atoms with Crippen molar-refractivity contribution in [1.29, 1.82) is 0 Å². The first-order valence-corrected chi connectivity index (χ1v) is 10.3. The zero-order valence-electron chi connectivity index (χ0n) is 15.5. The Balaban J connectivity index is 1.38. The largest absolute Gasteiger partial charge is 0.347 e. The van der Waals surface area contributed by atoms with E-state index in [2.05, 4.69) is 39.5 Å². The summed E-state index contributed by atoms with van der Waals surface area (Å²) < 4.78 is 13.9. The van der Waals surface area contributed by atoms with E-state index >= 15 is 0 Å². The summed E-state index contributed by atoms with van der Waals surface area (Å²) in [4.78, 5) is 19.8. The molecule has 28 heavy (non-hydrogen) atoms. The van der Waals surface area contributed by atoms with E-state index in [0.717, 1.165) is 32.5 Å². The molecule has 0 saturated carbocycles. The number of carbonyl (C=O) groups is 1. The maximum Gasteiger partial charge on any atom is 0.263 e. The number of likely N-dealkylation sites (tertiary alicyclic amines) is 1. The molecule has 1 N–H and O–H groups in total. The quantitative estimate of drug-likeness (QED) is 0.699. The molecular weight excluding hydrogens is 373 g/mol. The van der Waals surface area contributed by atoms with E-state index in [9.17, 15) is 9.18 Å². The molecule has 2 aromatic carbocycles. The molecular formula is C22H22FN3OS. The van der Waals surface area contributed by atoms with Crippen molar-refractivity contribution in [3.05, 3.63) is 77.1 Å². The molecule has 144 valence electrons. The molecule has 1 amide bonds. The van der Waals surface area contributed by atoms with E-state index in [1.54, 1.807) is 18.2 Å². The van der Waals surface area contributed by atoms with Crippen molar-refractivity contribution in [2.24, 2.45) is 0 Å². The summed E-state index contributed by atoms with van der Waals surface area (Å²) in [6.07, 6.45) is 3.56. The van der Waals surface area contributed by atoms with Crippen molar-refractivity contribution >= 4 is 17.2 Å². The van der Waals surface area contributed by atoms with Gasteiger partial charge in [-0.05, 0) is 37.1 Å². The number of thiazole rings is 1. The topological polar surface area (TPSA) is 45.2 Å². The molecule has 1 atom stereocenters. The highest BCUT2D eigenvalue weighted by molar-refractivity contribution is 7.16. The van der Waals surface area contributed by atoms with Crippen LogP contribution in [0.25, 0.3) is 10.6 Å². The number of nitrogens with zero attached hydrogens (tertiary/aromatic N) is 2. The number of nitrogens with one attached hydrogen (secondary N) is 1. The van der Waals surface area contributed by atoms with Crippen molar-refractivity contribution in [2.45, 2.75) is 25.4 Å². The smallest absolute Gasteiger partial charge is 0.263 e. The van der Waals surface area contributed by atoms with Gasteiger partial charge >= 0.3 is 0 Å². The van der Waals surface area contributed by atoms with Crippen LogP contribution in [-0.2, 0) is 6.54 Å². The van der Waals surface area contributed by atoms with E-state index in [1.807, 2.05) is 6.07 Å². The minimum absolute atomic E-state index is 0.115. The fourth-order valence-corrected chi connectivity index (χ4v) is 4.40. The number of piperidine rings is 1. The first-order valence-electron chi connectivity index (χ1n) is 9.47. The number of rotatable bonds is 5. The highest BCUT2D eigenvalue weighted by atomic mass is 32.1. The molecule has 4 nitrogen and oxygen atoms in total. The van der Waals surface area contributed by atoms with Gasteiger partial charge in [0.1, 0.15) is 15.7 Å². The van der Waals surface area contributed by atoms with Crippen molar-refractivity contribution in [3.8, 4) is 10.6 Å². The summed E-state index contributed by atoms with van der Waals surface area (Å²) in [5, 5.41) is 3.65. The van der Waals surface area contributed by atoms with Crippen LogP contribution >= 0.6 is 11.3 Å². The molecule has 1 aromatic heterocycles. The van der Waals surface area contributed by atoms with Gasteiger partial charge in [-0.3, -0.25) is 9.69 Å². The normalized spacial score (nSPS) is 17.4. The van der Waals surface area contributed by atoms with Crippen molar-refractivity contribution in [3.63, 3.8) is 0 Å². The summed E-state index contributed by atoms with van der Waals surface area (Å²) in [5.74, 6) is -0.459. The van der Waals surface area contributed by atoms with Crippen molar-refractivity contribution in [2.75, 3.05) is 13.1 Å². The van der Waals surface area contributed by atoms with Gasteiger partial charge in [0.2, 0.25) is 0 Å². The Morgan fingerprint density at radius 2 is 1.96 bits per heavy atom. The van der Waals surface area contributed by atoms with Crippen LogP contribution in [0.1, 0.15) is 28.1 Å². The monoisotopic (exact) mass is 395 g/mol. The molecule has 1 aliphatic rings. The van der Waals surface area contributed by atoms with Crippen LogP contribution < -0.4 is 5.32 Å². The second-order valence-electron chi connectivity index (χ2n) is 7.04. The first kappa shape index (κ1) is 18.8. The average Bonchev–Trinajstić information content (AvgIpc) is 3.20. The molecule has 0 aliphatic carbocycles. The summed E-state index contributed by atoms with van der Waals surface area (Å²) >= 11 is 1.22. The van der Waals surface area contributed by atoms with Crippen LogP contribution in [0.3, 0.4) is 0 Å². The number of aromatic nitrogens is 1. The number of hydrogen-bond acceptors (Lipinski definition) is 4. The lowest BCUT2D eigenvalue weighted by Gasteiger charge is -2.33. The van der Waals surface area contributed by atoms with Gasteiger partial charge in [0.25, 0.3) is 5.91 Å². The second-order valence-corrected chi connectivity index (χ2v) is 8.07. The molecule has 2 heterocycles. The lowest BCUT2D eigenvalue weighted by molar-refractivity contribution is 0.0904. The van der Waals surface area contributed by atoms with Gasteiger partial charge in [0, 0.05) is 24.7 Å². The SMILES string of the molecule is O=C(NC1CCCN(Cc2ccccc2)C1)c1cnc(-c2ccccc2F)s1. The van der Waals surface area contributed by atoms with Crippen LogP contribution in [0.2, 0.25) is 0 Å². The molecule has 6 heteroatoms. The summed E-state index contributed by atoms with van der Waals surface area (Å²) in [5.41, 5.74) is 1.71. The lowest BCUT2D eigenvalue weighted by Crippen LogP contribution is -2.47. The zero-order valence-corrected chi connectivity index (χ0v) is 16.3. The maximum atomic E-state index is 13.9. The van der Waals surface area contributed by atoms with E-state index in [4.69, 9.17) is 0 Å². The second kappa shape index (κ2) is 8.63. The zero-order chi connectivity index (χ0) is 19.3. The van der Waals surface area contributed by atoms with Gasteiger partial charge in [0.15, 0.2) is 0 Å². The van der Waals surface area contributed by atoms with Crippen LogP contribution in [0.5, 0.6) is 0 Å². The Bertz CT molecular complexity index is 944. The fourth-order valence-electron chi connectivity index (χ4n) is 3.55. The number of carbonyl (C=O) groups excluding carboxylic acids is 1. The molecule has 0 bridgehead atoms. The first-order chi connectivity index (χ1) is 13.7. The Labute approximate surface area is 168 Å². The highest BCUT2D eigenvalue weighted by Crippen LogP contribution is 2.27. The minimum atomic E-state index is -0.326. The van der Waals surface area contributed by atoms with Crippen LogP contribution in [0.4, 0.5) is 4.39 Å². The Morgan fingerprint density at radius 1 is 1.18 bits per heavy atom. The third kappa shape index (κ3) is 4.46. The molecule has 1 fully saturated rings. The number of halogens is 1. The maximum absolute atomic E-state index is 13.9. The number of benzene rings is 2. The Kier molecular flexibility index (Phi) is 5.78. The van der Waals surface area contributed by atoms with E-state index in [0.29, 0.717) is 15.4 Å².